The molecule has 0 aliphatic heterocycles. The summed E-state index contributed by atoms with van der Waals surface area (Å²) in [5, 5.41) is 20.4. The zero-order valence-electron chi connectivity index (χ0n) is 35.7. The minimum Gasteiger partial charge on any atom is -0.497 e. The number of nitrogens with zero attached hydrogens (tertiary/aromatic N) is 7. The van der Waals surface area contributed by atoms with E-state index in [9.17, 15) is 0 Å². The largest absolute Gasteiger partial charge is 0.497 e. The van der Waals surface area contributed by atoms with Gasteiger partial charge < -0.3 is 14.7 Å². The number of methoxy groups -OCH3 is 1. The lowest BCUT2D eigenvalue weighted by Gasteiger charge is -2.08. The first-order valence-electron chi connectivity index (χ1n) is 21.5. The van der Waals surface area contributed by atoms with E-state index in [1.807, 2.05) is 102 Å². The predicted molar refractivity (Wildman–Crippen MR) is 270 cm³/mol. The summed E-state index contributed by atoms with van der Waals surface area (Å²) >= 11 is 12.7. The highest BCUT2D eigenvalue weighted by molar-refractivity contribution is 6.35. The summed E-state index contributed by atoms with van der Waals surface area (Å²) in [7, 11) is 1.67. The Bertz CT molecular complexity index is 3990. The van der Waals surface area contributed by atoms with Gasteiger partial charge in [-0.05, 0) is 88.1 Å². The smallest absolute Gasteiger partial charge is 0.159 e. The van der Waals surface area contributed by atoms with E-state index in [-0.39, 0.29) is 0 Å². The maximum absolute atomic E-state index is 6.45. The van der Waals surface area contributed by atoms with Gasteiger partial charge in [0.25, 0.3) is 0 Å². The molecule has 67 heavy (non-hydrogen) atoms. The van der Waals surface area contributed by atoms with Gasteiger partial charge in [0.1, 0.15) is 28.2 Å². The van der Waals surface area contributed by atoms with E-state index in [0.29, 0.717) is 28.2 Å². The molecule has 3 N–H and O–H groups in total. The molecule has 0 spiro atoms. The normalized spacial score (nSPS) is 11.6. The summed E-state index contributed by atoms with van der Waals surface area (Å²) in [6.45, 7) is 0.608. The lowest BCUT2D eigenvalue weighted by Crippen LogP contribution is -2.02. The summed E-state index contributed by atoms with van der Waals surface area (Å²) in [6, 6.07) is 48.8. The SMILES string of the molecule is COc1ccc(Cn2nc(-c3nc4c(Cl)cccc4[nH]3)c3cc(-c4cncc5ccccc45)ccc32)cc1.Clc1cccc2[nH]c(-c3n[nH]c4ccc(-c5cncc6ccccc56)cc34)nc12. The molecule has 0 amide bonds. The van der Waals surface area contributed by atoms with Crippen LogP contribution in [0.25, 0.3) is 111 Å². The maximum Gasteiger partial charge on any atom is 0.159 e. The summed E-state index contributed by atoms with van der Waals surface area (Å²) < 4.78 is 7.35. The van der Waals surface area contributed by atoms with Gasteiger partial charge in [0.2, 0.25) is 0 Å². The monoisotopic (exact) mass is 910 g/mol. The number of halogens is 2. The highest BCUT2D eigenvalue weighted by atomic mass is 35.5. The summed E-state index contributed by atoms with van der Waals surface area (Å²) in [5.74, 6) is 2.19. The number of nitrogens with one attached hydrogen (secondary N) is 3. The van der Waals surface area contributed by atoms with Crippen molar-refractivity contribution in [1.82, 2.24) is 49.9 Å². The van der Waals surface area contributed by atoms with Crippen LogP contribution in [0, 0.1) is 0 Å². The Morgan fingerprint density at radius 3 is 1.73 bits per heavy atom. The van der Waals surface area contributed by atoms with Crippen molar-refractivity contribution in [3.63, 3.8) is 0 Å². The second-order valence-electron chi connectivity index (χ2n) is 16.2. The molecule has 13 rings (SSSR count). The first-order chi connectivity index (χ1) is 33.0. The van der Waals surface area contributed by atoms with Crippen LogP contribution in [0.1, 0.15) is 5.56 Å². The third-order valence-electron chi connectivity index (χ3n) is 12.1. The number of hydrogen-bond donors (Lipinski definition) is 3. The molecule has 6 heterocycles. The fourth-order valence-corrected chi connectivity index (χ4v) is 9.25. The van der Waals surface area contributed by atoms with Crippen LogP contribution in [0.5, 0.6) is 5.75 Å². The van der Waals surface area contributed by atoms with Crippen molar-refractivity contribution in [2.75, 3.05) is 7.11 Å². The fraction of sp³-hybridized carbons (Fsp3) is 0.0370. The van der Waals surface area contributed by atoms with E-state index in [0.717, 1.165) is 105 Å². The third kappa shape index (κ3) is 7.27. The van der Waals surface area contributed by atoms with Gasteiger partial charge in [-0.1, -0.05) is 108 Å². The molecule has 0 atom stereocenters. The Morgan fingerprint density at radius 1 is 0.537 bits per heavy atom. The lowest BCUT2D eigenvalue weighted by atomic mass is 9.99. The molecule has 0 aliphatic rings. The number of pyridine rings is 2. The molecule has 11 nitrogen and oxygen atoms in total. The molecule has 7 aromatic carbocycles. The van der Waals surface area contributed by atoms with E-state index in [4.69, 9.17) is 38.0 Å². The number of aromatic amines is 3. The van der Waals surface area contributed by atoms with Gasteiger partial charge >= 0.3 is 0 Å². The summed E-state index contributed by atoms with van der Waals surface area (Å²) in [5.41, 5.74) is 12.2. The van der Waals surface area contributed by atoms with Gasteiger partial charge in [-0.25, -0.2) is 9.97 Å². The molecular weight excluding hydrogens is 876 g/mol. The van der Waals surface area contributed by atoms with Crippen LogP contribution in [0.2, 0.25) is 10.0 Å². The molecule has 322 valence electrons. The lowest BCUT2D eigenvalue weighted by molar-refractivity contribution is 0.414. The van der Waals surface area contributed by atoms with Gasteiger partial charge in [-0.3, -0.25) is 19.7 Å². The molecule has 0 bridgehead atoms. The molecular formula is C54H36Cl2N10O. The Hall–Kier alpha value is -8.38. The van der Waals surface area contributed by atoms with Gasteiger partial charge in [0.05, 0.1) is 45.8 Å². The van der Waals surface area contributed by atoms with Crippen molar-refractivity contribution in [3.05, 3.63) is 186 Å². The second-order valence-corrected chi connectivity index (χ2v) is 17.0. The van der Waals surface area contributed by atoms with Crippen LogP contribution < -0.4 is 4.74 Å². The van der Waals surface area contributed by atoms with E-state index < -0.39 is 0 Å². The van der Waals surface area contributed by atoms with Crippen molar-refractivity contribution in [1.29, 1.82) is 0 Å². The van der Waals surface area contributed by atoms with Gasteiger partial charge in [0, 0.05) is 57.5 Å². The first kappa shape index (κ1) is 40.2. The minimum atomic E-state index is 0.606. The molecule has 0 aliphatic carbocycles. The topological polar surface area (TPSA) is 139 Å². The zero-order valence-corrected chi connectivity index (χ0v) is 37.2. The number of aromatic nitrogens is 10. The summed E-state index contributed by atoms with van der Waals surface area (Å²) in [4.78, 5) is 25.2. The molecule has 0 radical (unpaired) electrons. The van der Waals surface area contributed by atoms with E-state index in [2.05, 4.69) is 108 Å². The van der Waals surface area contributed by atoms with Crippen LogP contribution >= 0.6 is 23.2 Å². The maximum atomic E-state index is 6.45. The van der Waals surface area contributed by atoms with Crippen LogP contribution in [0.15, 0.2) is 170 Å². The Morgan fingerprint density at radius 2 is 1.12 bits per heavy atom. The van der Waals surface area contributed by atoms with Crippen molar-refractivity contribution >= 4 is 88.6 Å². The highest BCUT2D eigenvalue weighted by Crippen LogP contribution is 2.37. The number of ether oxygens (including phenoxy) is 1. The van der Waals surface area contributed by atoms with Gasteiger partial charge in [-0.15, -0.1) is 0 Å². The third-order valence-corrected chi connectivity index (χ3v) is 12.7. The average molecular weight is 912 g/mol. The molecule has 0 saturated carbocycles. The molecule has 13 heteroatoms. The molecule has 0 fully saturated rings. The Balaban J connectivity index is 0.000000145. The van der Waals surface area contributed by atoms with Crippen LogP contribution in [0.4, 0.5) is 0 Å². The van der Waals surface area contributed by atoms with Crippen molar-refractivity contribution in [3.8, 4) is 51.0 Å². The van der Waals surface area contributed by atoms with Gasteiger partial charge in [-0.2, -0.15) is 10.2 Å². The van der Waals surface area contributed by atoms with Crippen molar-refractivity contribution in [2.24, 2.45) is 0 Å². The van der Waals surface area contributed by atoms with Crippen LogP contribution in [0.3, 0.4) is 0 Å². The number of hydrogen-bond acceptors (Lipinski definition) is 7. The number of fused-ring (bicyclic) bond motifs is 6. The number of H-pyrrole nitrogens is 3. The molecule has 6 aromatic heterocycles. The summed E-state index contributed by atoms with van der Waals surface area (Å²) in [6.07, 6.45) is 7.61. The second kappa shape index (κ2) is 16.6. The molecule has 0 saturated heterocycles. The Kier molecular flexibility index (Phi) is 9.92. The number of imidazole rings is 2. The number of benzene rings is 7. The van der Waals surface area contributed by atoms with Crippen molar-refractivity contribution in [2.45, 2.75) is 6.54 Å². The Labute approximate surface area is 392 Å². The molecule has 0 unspecified atom stereocenters. The van der Waals surface area contributed by atoms with E-state index in [1.165, 1.54) is 5.39 Å². The first-order valence-corrected chi connectivity index (χ1v) is 22.3. The van der Waals surface area contributed by atoms with Crippen LogP contribution in [-0.4, -0.2) is 57.0 Å². The number of para-hydroxylation sites is 2. The standard InChI is InChI=1S/C31H22ClN5O.C23H14ClN5/c1-38-22-12-9-19(10-13-22)18-37-28-14-11-20(25-17-33-16-21-5-2-3-6-23(21)25)15-24(28)29(36-37)31-34-27-8-4-7-26(32)30(27)35-31;24-18-6-3-7-20-22(18)27-23(26-20)21-16-10-13(8-9-19(16)28-29-21)17-12-25-11-14-4-1-2-5-15(14)17/h2-17H,18H2,1H3,(H,34,35);1-12H,(H,26,27)(H,28,29). The van der Waals surface area contributed by atoms with Crippen molar-refractivity contribution < 1.29 is 4.74 Å². The average Bonchev–Trinajstić information content (AvgIpc) is 4.19. The molecule has 13 aromatic rings. The van der Waals surface area contributed by atoms with Gasteiger partial charge in [0.15, 0.2) is 11.6 Å². The zero-order chi connectivity index (χ0) is 45.0. The quantitative estimate of drug-likeness (QED) is 0.145. The number of rotatable bonds is 7. The van der Waals surface area contributed by atoms with Crippen LogP contribution in [-0.2, 0) is 6.54 Å². The highest BCUT2D eigenvalue weighted by Gasteiger charge is 2.20. The minimum absolute atomic E-state index is 0.606. The predicted octanol–water partition coefficient (Wildman–Crippen LogP) is 13.5. The van der Waals surface area contributed by atoms with E-state index in [1.54, 1.807) is 7.11 Å². The fourth-order valence-electron chi connectivity index (χ4n) is 8.82. The van der Waals surface area contributed by atoms with E-state index >= 15 is 0 Å².